The monoisotopic (exact) mass is 263 g/mol. The Kier molecular flexibility index (Phi) is 3.89. The van der Waals surface area contributed by atoms with Crippen LogP contribution < -0.4 is 9.47 Å². The summed E-state index contributed by atoms with van der Waals surface area (Å²) < 4.78 is 17.1. The Morgan fingerprint density at radius 2 is 1.89 bits per heavy atom. The molecule has 2 aliphatic rings. The standard InChI is InChI=1S/C15H21NO3/c1-16(12-6-8-17-9-7-12)10-13-11-18-14-4-2-3-5-15(14)19-13/h2-5,12-13H,6-11H2,1H3/t13-/m1/s1. The van der Waals surface area contributed by atoms with Crippen molar-refractivity contribution in [2.75, 3.05) is 33.4 Å². The van der Waals surface area contributed by atoms with E-state index in [9.17, 15) is 0 Å². The first-order valence-electron chi connectivity index (χ1n) is 6.99. The van der Waals surface area contributed by atoms with Gasteiger partial charge in [-0.1, -0.05) is 12.1 Å². The van der Waals surface area contributed by atoms with Crippen molar-refractivity contribution >= 4 is 0 Å². The Balaban J connectivity index is 1.56. The van der Waals surface area contributed by atoms with Gasteiger partial charge in [-0.15, -0.1) is 0 Å². The van der Waals surface area contributed by atoms with Gasteiger partial charge < -0.3 is 14.2 Å². The zero-order valence-electron chi connectivity index (χ0n) is 11.4. The van der Waals surface area contributed by atoms with Crippen molar-refractivity contribution in [2.45, 2.75) is 25.0 Å². The van der Waals surface area contributed by atoms with Gasteiger partial charge >= 0.3 is 0 Å². The highest BCUT2D eigenvalue weighted by Gasteiger charge is 2.25. The topological polar surface area (TPSA) is 30.9 Å². The molecule has 0 aliphatic carbocycles. The van der Waals surface area contributed by atoms with Crippen LogP contribution >= 0.6 is 0 Å². The van der Waals surface area contributed by atoms with Crippen molar-refractivity contribution in [1.82, 2.24) is 4.90 Å². The largest absolute Gasteiger partial charge is 0.486 e. The molecule has 0 radical (unpaired) electrons. The molecule has 2 aliphatic heterocycles. The maximum atomic E-state index is 6.00. The van der Waals surface area contributed by atoms with Crippen LogP contribution in [0.15, 0.2) is 24.3 Å². The Morgan fingerprint density at radius 3 is 2.68 bits per heavy atom. The number of nitrogens with zero attached hydrogens (tertiary/aromatic N) is 1. The fraction of sp³-hybridized carbons (Fsp3) is 0.600. The van der Waals surface area contributed by atoms with Crippen LogP contribution in [0.5, 0.6) is 11.5 Å². The van der Waals surface area contributed by atoms with E-state index in [1.807, 2.05) is 24.3 Å². The van der Waals surface area contributed by atoms with E-state index in [1.165, 1.54) is 0 Å². The molecule has 104 valence electrons. The molecule has 4 nitrogen and oxygen atoms in total. The average Bonchev–Trinajstić information content (AvgIpc) is 2.48. The van der Waals surface area contributed by atoms with E-state index >= 15 is 0 Å². The minimum atomic E-state index is 0.114. The predicted octanol–water partition coefficient (Wildman–Crippen LogP) is 1.94. The summed E-state index contributed by atoms with van der Waals surface area (Å²) in [6.45, 7) is 3.28. The molecule has 19 heavy (non-hydrogen) atoms. The minimum Gasteiger partial charge on any atom is -0.486 e. The third kappa shape index (κ3) is 3.01. The van der Waals surface area contributed by atoms with Gasteiger partial charge in [-0.2, -0.15) is 0 Å². The van der Waals surface area contributed by atoms with E-state index in [2.05, 4.69) is 11.9 Å². The molecule has 0 aromatic heterocycles. The van der Waals surface area contributed by atoms with Gasteiger partial charge in [0.15, 0.2) is 11.5 Å². The van der Waals surface area contributed by atoms with E-state index in [4.69, 9.17) is 14.2 Å². The lowest BCUT2D eigenvalue weighted by atomic mass is 10.1. The quantitative estimate of drug-likeness (QED) is 0.834. The number of fused-ring (bicyclic) bond motifs is 1. The molecule has 0 saturated carbocycles. The number of likely N-dealkylation sites (N-methyl/N-ethyl adjacent to an activating group) is 1. The van der Waals surface area contributed by atoms with Crippen molar-refractivity contribution in [3.8, 4) is 11.5 Å². The van der Waals surface area contributed by atoms with E-state index in [0.717, 1.165) is 44.1 Å². The summed E-state index contributed by atoms with van der Waals surface area (Å²) in [4.78, 5) is 2.38. The second kappa shape index (κ2) is 5.80. The molecule has 1 aromatic rings. The Hall–Kier alpha value is -1.26. The van der Waals surface area contributed by atoms with E-state index in [0.29, 0.717) is 12.6 Å². The molecule has 2 heterocycles. The van der Waals surface area contributed by atoms with Gasteiger partial charge in [0, 0.05) is 25.8 Å². The van der Waals surface area contributed by atoms with Gasteiger partial charge in [-0.3, -0.25) is 4.90 Å². The summed E-state index contributed by atoms with van der Waals surface area (Å²) in [7, 11) is 2.17. The maximum Gasteiger partial charge on any atom is 0.161 e. The molecule has 0 N–H and O–H groups in total. The van der Waals surface area contributed by atoms with Crippen LogP contribution in [0.25, 0.3) is 0 Å². The summed E-state index contributed by atoms with van der Waals surface area (Å²) in [5.74, 6) is 1.71. The predicted molar refractivity (Wildman–Crippen MR) is 72.8 cm³/mol. The van der Waals surface area contributed by atoms with Crippen LogP contribution in [0.3, 0.4) is 0 Å². The van der Waals surface area contributed by atoms with Crippen LogP contribution in [-0.4, -0.2) is 50.5 Å². The van der Waals surface area contributed by atoms with Gasteiger partial charge in [0.1, 0.15) is 12.7 Å². The fourth-order valence-corrected chi connectivity index (χ4v) is 2.75. The first-order valence-corrected chi connectivity index (χ1v) is 6.99. The number of hydrogen-bond donors (Lipinski definition) is 0. The molecule has 3 rings (SSSR count). The van der Waals surface area contributed by atoms with Crippen LogP contribution in [0.4, 0.5) is 0 Å². The summed E-state index contributed by atoms with van der Waals surface area (Å²) >= 11 is 0. The van der Waals surface area contributed by atoms with Crippen LogP contribution in [0.1, 0.15) is 12.8 Å². The normalized spacial score (nSPS) is 23.6. The van der Waals surface area contributed by atoms with Crippen molar-refractivity contribution in [3.63, 3.8) is 0 Å². The Labute approximate surface area is 114 Å². The Bertz CT molecular complexity index is 418. The molecule has 1 atom stereocenters. The molecule has 0 bridgehead atoms. The highest BCUT2D eigenvalue weighted by Crippen LogP contribution is 2.31. The highest BCUT2D eigenvalue weighted by molar-refractivity contribution is 5.40. The van der Waals surface area contributed by atoms with Crippen molar-refractivity contribution in [1.29, 1.82) is 0 Å². The first kappa shape index (κ1) is 12.8. The SMILES string of the molecule is CN(C[C@@H]1COc2ccccc2O1)C1CCOCC1. The molecular formula is C15H21NO3. The zero-order chi connectivity index (χ0) is 13.1. The molecule has 4 heteroatoms. The molecule has 1 aromatic carbocycles. The van der Waals surface area contributed by atoms with Gasteiger partial charge in [-0.05, 0) is 32.0 Å². The minimum absolute atomic E-state index is 0.114. The van der Waals surface area contributed by atoms with Gasteiger partial charge in [0.25, 0.3) is 0 Å². The lowest BCUT2D eigenvalue weighted by Crippen LogP contribution is -2.45. The molecule has 0 unspecified atom stereocenters. The lowest BCUT2D eigenvalue weighted by molar-refractivity contribution is 0.0141. The van der Waals surface area contributed by atoms with Crippen LogP contribution in [-0.2, 0) is 4.74 Å². The fourth-order valence-electron chi connectivity index (χ4n) is 2.75. The second-order valence-electron chi connectivity index (χ2n) is 5.28. The van der Waals surface area contributed by atoms with Crippen molar-refractivity contribution in [3.05, 3.63) is 24.3 Å². The second-order valence-corrected chi connectivity index (χ2v) is 5.28. The molecule has 0 spiro atoms. The third-order valence-electron chi connectivity index (χ3n) is 3.87. The van der Waals surface area contributed by atoms with Crippen molar-refractivity contribution in [2.24, 2.45) is 0 Å². The van der Waals surface area contributed by atoms with Crippen molar-refractivity contribution < 1.29 is 14.2 Å². The molecule has 1 fully saturated rings. The summed E-state index contributed by atoms with van der Waals surface area (Å²) in [5.41, 5.74) is 0. The summed E-state index contributed by atoms with van der Waals surface area (Å²) in [6, 6.07) is 8.47. The number of rotatable bonds is 3. The highest BCUT2D eigenvalue weighted by atomic mass is 16.6. The number of para-hydroxylation sites is 2. The van der Waals surface area contributed by atoms with Crippen LogP contribution in [0, 0.1) is 0 Å². The smallest absolute Gasteiger partial charge is 0.161 e. The lowest BCUT2D eigenvalue weighted by Gasteiger charge is -2.35. The molecular weight excluding hydrogens is 242 g/mol. The maximum absolute atomic E-state index is 6.00. The van der Waals surface area contributed by atoms with Crippen LogP contribution in [0.2, 0.25) is 0 Å². The van der Waals surface area contributed by atoms with E-state index < -0.39 is 0 Å². The number of ether oxygens (including phenoxy) is 3. The van der Waals surface area contributed by atoms with E-state index in [-0.39, 0.29) is 6.10 Å². The molecule has 1 saturated heterocycles. The Morgan fingerprint density at radius 1 is 1.16 bits per heavy atom. The number of benzene rings is 1. The van der Waals surface area contributed by atoms with Gasteiger partial charge in [0.2, 0.25) is 0 Å². The van der Waals surface area contributed by atoms with E-state index in [1.54, 1.807) is 0 Å². The third-order valence-corrected chi connectivity index (χ3v) is 3.87. The zero-order valence-corrected chi connectivity index (χ0v) is 11.4. The average molecular weight is 263 g/mol. The molecule has 0 amide bonds. The summed E-state index contributed by atoms with van der Waals surface area (Å²) in [6.07, 6.45) is 2.34. The first-order chi connectivity index (χ1) is 9.33. The van der Waals surface area contributed by atoms with Gasteiger partial charge in [-0.25, -0.2) is 0 Å². The summed E-state index contributed by atoms with van der Waals surface area (Å²) in [5, 5.41) is 0. The van der Waals surface area contributed by atoms with Gasteiger partial charge in [0.05, 0.1) is 0 Å². The number of hydrogen-bond acceptors (Lipinski definition) is 4.